The van der Waals surface area contributed by atoms with Gasteiger partial charge in [-0.1, -0.05) is 13.8 Å². The Morgan fingerprint density at radius 2 is 2.08 bits per heavy atom. The van der Waals surface area contributed by atoms with Crippen LogP contribution in [0.2, 0.25) is 0 Å². The lowest BCUT2D eigenvalue weighted by molar-refractivity contribution is -0.116. The fraction of sp³-hybridized carbons (Fsp3) is 0.467. The third-order valence-corrected chi connectivity index (χ3v) is 4.07. The monoisotopic (exact) mass is 396 g/mol. The predicted molar refractivity (Wildman–Crippen MR) is 93.7 cm³/mol. The molecule has 24 heavy (non-hydrogen) atoms. The minimum atomic E-state index is -0.282. The van der Waals surface area contributed by atoms with Crippen molar-refractivity contribution in [2.24, 2.45) is 13.0 Å². The Hall–Kier alpha value is -2.16. The molecule has 2 aromatic heterocycles. The third-order valence-electron chi connectivity index (χ3n) is 3.29. The first-order valence-electron chi connectivity index (χ1n) is 7.57. The molecule has 9 heteroatoms. The summed E-state index contributed by atoms with van der Waals surface area (Å²) in [5.41, 5.74) is 1.51. The molecule has 0 bridgehead atoms. The molecular formula is C15H21BrN6O2. The highest BCUT2D eigenvalue weighted by Crippen LogP contribution is 2.15. The van der Waals surface area contributed by atoms with Gasteiger partial charge in [0.15, 0.2) is 0 Å². The molecule has 8 nitrogen and oxygen atoms in total. The number of carbonyl (C=O) groups is 2. The summed E-state index contributed by atoms with van der Waals surface area (Å²) in [5, 5.41) is 13.8. The molecule has 0 fully saturated rings. The Balaban J connectivity index is 2.06. The summed E-state index contributed by atoms with van der Waals surface area (Å²) in [6, 6.07) is 0. The minimum absolute atomic E-state index is 0.0500. The first kappa shape index (κ1) is 18.2. The Morgan fingerprint density at radius 1 is 1.38 bits per heavy atom. The first-order chi connectivity index (χ1) is 11.3. The van der Waals surface area contributed by atoms with E-state index in [9.17, 15) is 9.59 Å². The van der Waals surface area contributed by atoms with E-state index in [0.29, 0.717) is 23.8 Å². The number of carbonyl (C=O) groups excluding carboxylic acids is 2. The van der Waals surface area contributed by atoms with Crippen molar-refractivity contribution in [3.8, 4) is 0 Å². The average Bonchev–Trinajstić information content (AvgIpc) is 2.99. The average molecular weight is 397 g/mol. The van der Waals surface area contributed by atoms with Gasteiger partial charge in [0.1, 0.15) is 12.2 Å². The van der Waals surface area contributed by atoms with Crippen molar-refractivity contribution < 1.29 is 9.59 Å². The fourth-order valence-electron chi connectivity index (χ4n) is 2.09. The Bertz CT molecular complexity index is 730. The van der Waals surface area contributed by atoms with Gasteiger partial charge in [-0.3, -0.25) is 19.0 Å². The van der Waals surface area contributed by atoms with Gasteiger partial charge in [0.2, 0.25) is 5.91 Å². The maximum Gasteiger partial charge on any atom is 0.271 e. The van der Waals surface area contributed by atoms with Crippen molar-refractivity contribution in [1.82, 2.24) is 24.9 Å². The number of aromatic nitrogens is 4. The van der Waals surface area contributed by atoms with Crippen LogP contribution in [0.15, 0.2) is 16.9 Å². The number of rotatable bonds is 6. The number of nitrogens with zero attached hydrogens (tertiary/aromatic N) is 4. The highest BCUT2D eigenvalue weighted by atomic mass is 79.9. The normalized spacial score (nSPS) is 10.9. The van der Waals surface area contributed by atoms with Crippen molar-refractivity contribution in [3.63, 3.8) is 0 Å². The zero-order chi connectivity index (χ0) is 17.9. The summed E-state index contributed by atoms with van der Waals surface area (Å²) in [6.07, 6.45) is 3.20. The highest BCUT2D eigenvalue weighted by Gasteiger charge is 2.19. The van der Waals surface area contributed by atoms with Crippen molar-refractivity contribution in [3.05, 3.63) is 28.3 Å². The van der Waals surface area contributed by atoms with Crippen molar-refractivity contribution in [2.45, 2.75) is 27.3 Å². The van der Waals surface area contributed by atoms with Gasteiger partial charge in [-0.2, -0.15) is 10.2 Å². The zero-order valence-electron chi connectivity index (χ0n) is 14.1. The van der Waals surface area contributed by atoms with Gasteiger partial charge in [-0.15, -0.1) is 0 Å². The molecule has 0 aromatic carbocycles. The van der Waals surface area contributed by atoms with Crippen LogP contribution in [-0.4, -0.2) is 37.9 Å². The molecule has 0 saturated heterocycles. The van der Waals surface area contributed by atoms with Crippen LogP contribution in [0.4, 0.5) is 5.69 Å². The smallest absolute Gasteiger partial charge is 0.271 e. The zero-order valence-corrected chi connectivity index (χ0v) is 15.7. The maximum absolute atomic E-state index is 12.3. The number of hydrogen-bond donors (Lipinski definition) is 2. The summed E-state index contributed by atoms with van der Waals surface area (Å²) in [4.78, 5) is 24.5. The fourth-order valence-corrected chi connectivity index (χ4v) is 2.41. The van der Waals surface area contributed by atoms with Crippen LogP contribution < -0.4 is 10.6 Å². The summed E-state index contributed by atoms with van der Waals surface area (Å²) in [7, 11) is 1.66. The van der Waals surface area contributed by atoms with E-state index in [0.717, 1.165) is 10.2 Å². The summed E-state index contributed by atoms with van der Waals surface area (Å²) in [6.45, 7) is 6.47. The SMILES string of the molecule is Cc1nn(CC(=O)Nc2cnn(C)c2C(=O)NCC(C)C)cc1Br. The van der Waals surface area contributed by atoms with Crippen LogP contribution in [0.1, 0.15) is 30.0 Å². The Morgan fingerprint density at radius 3 is 2.67 bits per heavy atom. The van der Waals surface area contributed by atoms with Crippen LogP contribution in [0.25, 0.3) is 0 Å². The van der Waals surface area contributed by atoms with Gasteiger partial charge in [-0.05, 0) is 28.8 Å². The van der Waals surface area contributed by atoms with Crippen LogP contribution in [0.3, 0.4) is 0 Å². The van der Waals surface area contributed by atoms with Crippen LogP contribution in [0, 0.1) is 12.8 Å². The standard InChI is InChI=1S/C15H21BrN6O2/c1-9(2)5-17-15(24)14-12(6-18-21(14)4)19-13(23)8-22-7-11(16)10(3)20-22/h6-7,9H,5,8H2,1-4H3,(H,17,24)(H,19,23). The number of hydrogen-bond acceptors (Lipinski definition) is 4. The molecule has 0 unspecified atom stereocenters. The lowest BCUT2D eigenvalue weighted by Crippen LogP contribution is -2.30. The predicted octanol–water partition coefficient (Wildman–Crippen LogP) is 1.71. The van der Waals surface area contributed by atoms with Crippen LogP contribution in [0.5, 0.6) is 0 Å². The van der Waals surface area contributed by atoms with Crippen LogP contribution >= 0.6 is 15.9 Å². The molecule has 2 rings (SSSR count). The second-order valence-corrected chi connectivity index (χ2v) is 6.80. The third kappa shape index (κ3) is 4.44. The van der Waals surface area contributed by atoms with E-state index < -0.39 is 0 Å². The molecule has 2 aromatic rings. The van der Waals surface area contributed by atoms with E-state index in [1.54, 1.807) is 13.2 Å². The lowest BCUT2D eigenvalue weighted by Gasteiger charge is -2.10. The second kappa shape index (κ2) is 7.61. The lowest BCUT2D eigenvalue weighted by atomic mass is 10.2. The first-order valence-corrected chi connectivity index (χ1v) is 8.36. The van der Waals surface area contributed by atoms with Gasteiger partial charge >= 0.3 is 0 Å². The molecule has 0 aliphatic heterocycles. The molecule has 2 N–H and O–H groups in total. The highest BCUT2D eigenvalue weighted by molar-refractivity contribution is 9.10. The number of nitrogens with one attached hydrogen (secondary N) is 2. The van der Waals surface area contributed by atoms with Crippen molar-refractivity contribution >= 4 is 33.4 Å². The van der Waals surface area contributed by atoms with E-state index in [-0.39, 0.29) is 18.4 Å². The summed E-state index contributed by atoms with van der Waals surface area (Å²) >= 11 is 3.35. The number of anilines is 1. The van der Waals surface area contributed by atoms with Gasteiger partial charge in [0.25, 0.3) is 5.91 Å². The molecule has 0 radical (unpaired) electrons. The second-order valence-electron chi connectivity index (χ2n) is 5.94. The van der Waals surface area contributed by atoms with E-state index in [4.69, 9.17) is 0 Å². The summed E-state index contributed by atoms with van der Waals surface area (Å²) in [5.74, 6) is -0.214. The molecule has 0 aliphatic carbocycles. The molecule has 2 amide bonds. The van der Waals surface area contributed by atoms with Crippen molar-refractivity contribution in [1.29, 1.82) is 0 Å². The number of halogens is 1. The molecule has 0 saturated carbocycles. The van der Waals surface area contributed by atoms with E-state index in [1.165, 1.54) is 15.6 Å². The Kier molecular flexibility index (Phi) is 5.76. The molecule has 0 aliphatic rings. The number of aryl methyl sites for hydroxylation is 2. The Labute approximate surface area is 148 Å². The summed E-state index contributed by atoms with van der Waals surface area (Å²) < 4.78 is 3.81. The maximum atomic E-state index is 12.3. The van der Waals surface area contributed by atoms with E-state index in [1.807, 2.05) is 20.8 Å². The number of amides is 2. The van der Waals surface area contributed by atoms with Gasteiger partial charge in [0.05, 0.1) is 22.1 Å². The van der Waals surface area contributed by atoms with Gasteiger partial charge in [0, 0.05) is 19.8 Å². The van der Waals surface area contributed by atoms with Crippen molar-refractivity contribution in [2.75, 3.05) is 11.9 Å². The van der Waals surface area contributed by atoms with E-state index in [2.05, 4.69) is 36.8 Å². The van der Waals surface area contributed by atoms with Crippen LogP contribution in [-0.2, 0) is 18.4 Å². The minimum Gasteiger partial charge on any atom is -0.350 e. The molecule has 0 spiro atoms. The largest absolute Gasteiger partial charge is 0.350 e. The topological polar surface area (TPSA) is 93.8 Å². The molecule has 0 atom stereocenters. The molecule has 130 valence electrons. The van der Waals surface area contributed by atoms with Gasteiger partial charge < -0.3 is 10.6 Å². The molecule has 2 heterocycles. The van der Waals surface area contributed by atoms with Gasteiger partial charge in [-0.25, -0.2) is 0 Å². The molecular weight excluding hydrogens is 376 g/mol. The van der Waals surface area contributed by atoms with E-state index >= 15 is 0 Å². The quantitative estimate of drug-likeness (QED) is 0.776.